The molecule has 0 heterocycles. The summed E-state index contributed by atoms with van der Waals surface area (Å²) in [4.78, 5) is 47.7. The molecule has 9 nitrogen and oxygen atoms in total. The highest BCUT2D eigenvalue weighted by Crippen LogP contribution is 2.17. The van der Waals surface area contributed by atoms with Crippen molar-refractivity contribution in [3.8, 4) is 5.75 Å². The van der Waals surface area contributed by atoms with Crippen molar-refractivity contribution in [2.45, 2.75) is 51.7 Å². The number of imide groups is 1. The summed E-state index contributed by atoms with van der Waals surface area (Å²) >= 11 is 0. The van der Waals surface area contributed by atoms with Gasteiger partial charge in [0.25, 0.3) is 11.8 Å². The minimum Gasteiger partial charge on any atom is -0.494 e. The number of esters is 1. The Morgan fingerprint density at radius 3 is 2.38 bits per heavy atom. The number of amides is 4. The van der Waals surface area contributed by atoms with Crippen LogP contribution in [0.4, 0.5) is 4.79 Å². The Morgan fingerprint density at radius 2 is 1.76 bits per heavy atom. The first-order valence-electron chi connectivity index (χ1n) is 9.71. The SMILES string of the molecule is CCOc1ccc(C(=O)NCC(=O)O[C@H](C)C(=O)NC(=O)NC2CCCC2)cc1. The zero-order valence-electron chi connectivity index (χ0n) is 16.7. The molecule has 1 atom stereocenters. The van der Waals surface area contributed by atoms with Crippen LogP contribution < -0.4 is 20.7 Å². The van der Waals surface area contributed by atoms with Crippen LogP contribution in [0.15, 0.2) is 24.3 Å². The van der Waals surface area contributed by atoms with Gasteiger partial charge in [0.15, 0.2) is 6.10 Å². The standard InChI is InChI=1S/C20H27N3O6/c1-3-28-16-10-8-14(9-11-16)19(26)21-12-17(24)29-13(2)18(25)23-20(27)22-15-6-4-5-7-15/h8-11,13,15H,3-7,12H2,1-2H3,(H,21,26)(H2,22,23,25,27)/t13-/m1/s1. The smallest absolute Gasteiger partial charge is 0.326 e. The summed E-state index contributed by atoms with van der Waals surface area (Å²) in [6, 6.07) is 5.92. The highest BCUT2D eigenvalue weighted by atomic mass is 16.5. The maximum Gasteiger partial charge on any atom is 0.326 e. The first-order chi connectivity index (χ1) is 13.9. The number of carbonyl (C=O) groups excluding carboxylic acids is 4. The molecule has 2 rings (SSSR count). The largest absolute Gasteiger partial charge is 0.494 e. The summed E-state index contributed by atoms with van der Waals surface area (Å²) in [5.41, 5.74) is 0.357. The van der Waals surface area contributed by atoms with Gasteiger partial charge in [-0.25, -0.2) is 4.79 Å². The van der Waals surface area contributed by atoms with E-state index in [9.17, 15) is 19.2 Å². The van der Waals surface area contributed by atoms with Crippen LogP contribution in [0.2, 0.25) is 0 Å². The second-order valence-corrected chi connectivity index (χ2v) is 6.72. The van der Waals surface area contributed by atoms with E-state index in [1.165, 1.54) is 6.92 Å². The van der Waals surface area contributed by atoms with Crippen molar-refractivity contribution in [2.75, 3.05) is 13.2 Å². The lowest BCUT2D eigenvalue weighted by atomic mass is 10.2. The van der Waals surface area contributed by atoms with Crippen molar-refractivity contribution in [2.24, 2.45) is 0 Å². The fourth-order valence-corrected chi connectivity index (χ4v) is 2.92. The van der Waals surface area contributed by atoms with Crippen LogP contribution >= 0.6 is 0 Å². The molecule has 4 amide bonds. The average molecular weight is 405 g/mol. The van der Waals surface area contributed by atoms with Crippen molar-refractivity contribution < 1.29 is 28.7 Å². The summed E-state index contributed by atoms with van der Waals surface area (Å²) in [6.45, 7) is 3.32. The molecule has 3 N–H and O–H groups in total. The van der Waals surface area contributed by atoms with E-state index in [-0.39, 0.29) is 6.04 Å². The molecule has 0 unspecified atom stereocenters. The number of rotatable bonds is 8. The van der Waals surface area contributed by atoms with Crippen molar-refractivity contribution in [1.29, 1.82) is 0 Å². The Morgan fingerprint density at radius 1 is 1.10 bits per heavy atom. The van der Waals surface area contributed by atoms with E-state index in [1.54, 1.807) is 24.3 Å². The van der Waals surface area contributed by atoms with E-state index in [1.807, 2.05) is 6.92 Å². The van der Waals surface area contributed by atoms with Crippen LogP contribution in [0, 0.1) is 0 Å². The molecule has 0 bridgehead atoms. The van der Waals surface area contributed by atoms with Crippen LogP contribution in [-0.4, -0.2) is 49.1 Å². The molecule has 1 aromatic rings. The van der Waals surface area contributed by atoms with Crippen molar-refractivity contribution in [3.05, 3.63) is 29.8 Å². The number of nitrogens with one attached hydrogen (secondary N) is 3. The predicted molar refractivity (Wildman–Crippen MR) is 104 cm³/mol. The van der Waals surface area contributed by atoms with Crippen LogP contribution in [-0.2, 0) is 14.3 Å². The topological polar surface area (TPSA) is 123 Å². The normalized spacial score (nSPS) is 14.6. The van der Waals surface area contributed by atoms with Crippen LogP contribution in [0.5, 0.6) is 5.75 Å². The molecule has 1 aliphatic carbocycles. The van der Waals surface area contributed by atoms with E-state index in [0.717, 1.165) is 25.7 Å². The third-order valence-corrected chi connectivity index (χ3v) is 4.43. The first-order valence-corrected chi connectivity index (χ1v) is 9.71. The lowest BCUT2D eigenvalue weighted by Gasteiger charge is -2.15. The Hall–Kier alpha value is -3.10. The Balaban J connectivity index is 1.70. The lowest BCUT2D eigenvalue weighted by molar-refractivity contribution is -0.153. The zero-order chi connectivity index (χ0) is 21.2. The first kappa shape index (κ1) is 22.2. The van der Waals surface area contributed by atoms with Crippen molar-refractivity contribution >= 4 is 23.8 Å². The third kappa shape index (κ3) is 7.44. The summed E-state index contributed by atoms with van der Waals surface area (Å²) in [5, 5.41) is 7.28. The second-order valence-electron chi connectivity index (χ2n) is 6.72. The van der Waals surface area contributed by atoms with Crippen molar-refractivity contribution in [1.82, 2.24) is 16.0 Å². The molecule has 9 heteroatoms. The van der Waals surface area contributed by atoms with E-state index >= 15 is 0 Å². The van der Waals surface area contributed by atoms with E-state index < -0.39 is 36.5 Å². The van der Waals surface area contributed by atoms with Gasteiger partial charge in [-0.2, -0.15) is 0 Å². The molecule has 0 saturated heterocycles. The monoisotopic (exact) mass is 405 g/mol. The van der Waals surface area contributed by atoms with Crippen LogP contribution in [0.3, 0.4) is 0 Å². The fraction of sp³-hybridized carbons (Fsp3) is 0.500. The van der Waals surface area contributed by atoms with Gasteiger partial charge < -0.3 is 20.1 Å². The van der Waals surface area contributed by atoms with Crippen LogP contribution in [0.1, 0.15) is 49.9 Å². The van der Waals surface area contributed by atoms with E-state index in [0.29, 0.717) is 17.9 Å². The van der Waals surface area contributed by atoms with Gasteiger partial charge in [0, 0.05) is 11.6 Å². The van der Waals surface area contributed by atoms with E-state index in [2.05, 4.69) is 16.0 Å². The maximum absolute atomic E-state index is 12.1. The molecule has 0 spiro atoms. The van der Waals surface area contributed by atoms with Gasteiger partial charge in [0.1, 0.15) is 12.3 Å². The molecule has 1 fully saturated rings. The predicted octanol–water partition coefficient (Wildman–Crippen LogP) is 1.52. The molecule has 0 radical (unpaired) electrons. The average Bonchev–Trinajstić information content (AvgIpc) is 3.19. The Kier molecular flexibility index (Phi) is 8.45. The minimum atomic E-state index is -1.17. The quantitative estimate of drug-likeness (QED) is 0.564. The number of ether oxygens (including phenoxy) is 2. The Labute approximate surface area is 169 Å². The van der Waals surface area contributed by atoms with Gasteiger partial charge in [-0.05, 0) is 51.0 Å². The maximum atomic E-state index is 12.1. The zero-order valence-corrected chi connectivity index (χ0v) is 16.7. The molecule has 0 aromatic heterocycles. The molecular weight excluding hydrogens is 378 g/mol. The second kappa shape index (κ2) is 11.0. The summed E-state index contributed by atoms with van der Waals surface area (Å²) in [6.07, 6.45) is 2.71. The molecule has 1 saturated carbocycles. The van der Waals surface area contributed by atoms with E-state index in [4.69, 9.17) is 9.47 Å². The minimum absolute atomic E-state index is 0.0680. The third-order valence-electron chi connectivity index (χ3n) is 4.43. The summed E-state index contributed by atoms with van der Waals surface area (Å²) in [7, 11) is 0. The molecule has 158 valence electrons. The fourth-order valence-electron chi connectivity index (χ4n) is 2.92. The summed E-state index contributed by atoms with van der Waals surface area (Å²) in [5.74, 6) is -1.34. The van der Waals surface area contributed by atoms with Crippen molar-refractivity contribution in [3.63, 3.8) is 0 Å². The molecular formula is C20H27N3O6. The molecule has 1 aliphatic rings. The molecule has 1 aromatic carbocycles. The summed E-state index contributed by atoms with van der Waals surface area (Å²) < 4.78 is 10.3. The number of hydrogen-bond acceptors (Lipinski definition) is 6. The van der Waals surface area contributed by atoms with Crippen LogP contribution in [0.25, 0.3) is 0 Å². The molecule has 29 heavy (non-hydrogen) atoms. The highest BCUT2D eigenvalue weighted by Gasteiger charge is 2.22. The van der Waals surface area contributed by atoms with Gasteiger partial charge in [-0.3, -0.25) is 19.7 Å². The van der Waals surface area contributed by atoms with Gasteiger partial charge in [-0.1, -0.05) is 12.8 Å². The number of carbonyl (C=O) groups is 4. The van der Waals surface area contributed by atoms with Gasteiger partial charge >= 0.3 is 12.0 Å². The lowest BCUT2D eigenvalue weighted by Crippen LogP contribution is -2.47. The number of urea groups is 1. The Bertz CT molecular complexity index is 728. The molecule has 0 aliphatic heterocycles. The van der Waals surface area contributed by atoms with Gasteiger partial charge in [0.05, 0.1) is 6.61 Å². The number of hydrogen-bond donors (Lipinski definition) is 3. The highest BCUT2D eigenvalue weighted by molar-refractivity contribution is 5.98. The van der Waals surface area contributed by atoms with Gasteiger partial charge in [0.2, 0.25) is 0 Å². The number of benzene rings is 1. The van der Waals surface area contributed by atoms with Gasteiger partial charge in [-0.15, -0.1) is 0 Å².